The maximum absolute atomic E-state index is 5.95. The Bertz CT molecular complexity index is 958. The third kappa shape index (κ3) is 6.70. The van der Waals surface area contributed by atoms with Gasteiger partial charge in [0.1, 0.15) is 18.6 Å². The summed E-state index contributed by atoms with van der Waals surface area (Å²) in [4.78, 5) is 9.20. The van der Waals surface area contributed by atoms with Crippen LogP contribution in [0.25, 0.3) is 0 Å². The molecule has 2 aromatic carbocycles. The van der Waals surface area contributed by atoms with Crippen molar-refractivity contribution in [2.45, 2.75) is 19.7 Å². The Kier molecular flexibility index (Phi) is 9.36. The van der Waals surface area contributed by atoms with E-state index in [2.05, 4.69) is 49.5 Å². The number of halogens is 1. The summed E-state index contributed by atoms with van der Waals surface area (Å²) in [6.07, 6.45) is 1.63. The summed E-state index contributed by atoms with van der Waals surface area (Å²) in [7, 11) is 1.84. The highest BCUT2D eigenvalue weighted by Gasteiger charge is 2.20. The molecule has 0 bridgehead atoms. The highest BCUT2D eigenvalue weighted by Crippen LogP contribution is 2.15. The second-order valence-electron chi connectivity index (χ2n) is 7.53. The Morgan fingerprint density at radius 3 is 2.41 bits per heavy atom. The summed E-state index contributed by atoms with van der Waals surface area (Å²) in [6, 6.07) is 20.2. The van der Waals surface area contributed by atoms with Crippen LogP contribution in [0.15, 0.2) is 76.4 Å². The lowest BCUT2D eigenvalue weighted by Gasteiger charge is -2.36. The Hall–Kier alpha value is -2.59. The molecule has 8 heteroatoms. The van der Waals surface area contributed by atoms with E-state index >= 15 is 0 Å². The van der Waals surface area contributed by atoms with E-state index in [1.807, 2.05) is 43.4 Å². The Balaban J connectivity index is 0.00000289. The molecule has 0 saturated carbocycles. The molecule has 170 valence electrons. The van der Waals surface area contributed by atoms with Crippen LogP contribution in [-0.4, -0.2) is 54.1 Å². The first kappa shape index (κ1) is 24.1. The average Bonchev–Trinajstić information content (AvgIpc) is 3.33. The van der Waals surface area contributed by atoms with Crippen LogP contribution in [0.2, 0.25) is 0 Å². The van der Waals surface area contributed by atoms with E-state index in [1.54, 1.807) is 6.26 Å². The molecule has 0 spiro atoms. The number of ether oxygens (including phenoxy) is 1. The number of piperazine rings is 1. The summed E-state index contributed by atoms with van der Waals surface area (Å²) >= 11 is 0. The van der Waals surface area contributed by atoms with E-state index < -0.39 is 0 Å². The molecule has 0 radical (unpaired) electrons. The zero-order valence-corrected chi connectivity index (χ0v) is 20.6. The largest absolute Gasteiger partial charge is 0.489 e. The maximum atomic E-state index is 5.95. The lowest BCUT2D eigenvalue weighted by molar-refractivity contribution is 0.169. The van der Waals surface area contributed by atoms with Crippen molar-refractivity contribution in [1.82, 2.24) is 20.3 Å². The number of rotatable bonds is 7. The Morgan fingerprint density at radius 2 is 1.72 bits per heavy atom. The smallest absolute Gasteiger partial charge is 0.194 e. The van der Waals surface area contributed by atoms with Crippen LogP contribution in [0.5, 0.6) is 5.75 Å². The van der Waals surface area contributed by atoms with Crippen molar-refractivity contribution in [3.8, 4) is 5.75 Å². The molecule has 1 saturated heterocycles. The molecule has 7 nitrogen and oxygen atoms in total. The molecule has 0 atom stereocenters. The molecule has 0 amide bonds. The highest BCUT2D eigenvalue weighted by atomic mass is 127. The van der Waals surface area contributed by atoms with Gasteiger partial charge in [-0.25, -0.2) is 0 Å². The minimum absolute atomic E-state index is 0. The standard InChI is InChI=1S/C24H29N5O2.HI/c1-25-24(29-14-12-28(13-15-29)18-22-11-16-31-27-22)26-17-20-7-5-6-8-21(20)19-30-23-9-3-2-4-10-23;/h2-11,16H,12-15,17-19H2,1H3,(H,25,26);1H. The SMILES string of the molecule is CN=C(NCc1ccccc1COc1ccccc1)N1CCN(Cc2ccon2)CC1.I. The predicted molar refractivity (Wildman–Crippen MR) is 136 cm³/mol. The van der Waals surface area contributed by atoms with Crippen molar-refractivity contribution in [2.24, 2.45) is 4.99 Å². The van der Waals surface area contributed by atoms with Crippen molar-refractivity contribution in [3.05, 3.63) is 83.7 Å². The number of aromatic nitrogens is 1. The van der Waals surface area contributed by atoms with Gasteiger partial charge in [0.2, 0.25) is 0 Å². The van der Waals surface area contributed by atoms with Gasteiger partial charge < -0.3 is 19.5 Å². The number of nitrogens with zero attached hydrogens (tertiary/aromatic N) is 4. The molecule has 0 aliphatic carbocycles. The molecule has 1 aliphatic heterocycles. The van der Waals surface area contributed by atoms with Gasteiger partial charge in [-0.15, -0.1) is 24.0 Å². The van der Waals surface area contributed by atoms with E-state index in [0.717, 1.165) is 50.1 Å². The molecule has 4 rings (SSSR count). The highest BCUT2D eigenvalue weighted by molar-refractivity contribution is 14.0. The van der Waals surface area contributed by atoms with Gasteiger partial charge in [0.15, 0.2) is 5.96 Å². The van der Waals surface area contributed by atoms with Crippen LogP contribution in [0.3, 0.4) is 0 Å². The zero-order valence-electron chi connectivity index (χ0n) is 18.3. The third-order valence-corrected chi connectivity index (χ3v) is 5.45. The number of hydrogen-bond acceptors (Lipinski definition) is 5. The van der Waals surface area contributed by atoms with Crippen molar-refractivity contribution in [3.63, 3.8) is 0 Å². The van der Waals surface area contributed by atoms with Crippen molar-refractivity contribution >= 4 is 29.9 Å². The number of nitrogens with one attached hydrogen (secondary N) is 1. The summed E-state index contributed by atoms with van der Waals surface area (Å²) in [5.41, 5.74) is 3.36. The fourth-order valence-corrected chi connectivity index (χ4v) is 3.72. The second-order valence-corrected chi connectivity index (χ2v) is 7.53. The molecule has 1 aliphatic rings. The van der Waals surface area contributed by atoms with E-state index in [0.29, 0.717) is 13.2 Å². The van der Waals surface area contributed by atoms with E-state index in [1.165, 1.54) is 11.1 Å². The second kappa shape index (κ2) is 12.4. The van der Waals surface area contributed by atoms with Gasteiger partial charge in [-0.3, -0.25) is 9.89 Å². The van der Waals surface area contributed by atoms with Crippen LogP contribution >= 0.6 is 24.0 Å². The van der Waals surface area contributed by atoms with Crippen LogP contribution in [0.1, 0.15) is 16.8 Å². The molecule has 1 N–H and O–H groups in total. The molecule has 0 unspecified atom stereocenters. The van der Waals surface area contributed by atoms with E-state index in [9.17, 15) is 0 Å². The van der Waals surface area contributed by atoms with E-state index in [-0.39, 0.29) is 24.0 Å². The average molecular weight is 547 g/mol. The summed E-state index contributed by atoms with van der Waals surface area (Å²) in [5.74, 6) is 1.81. The van der Waals surface area contributed by atoms with Gasteiger partial charge in [-0.2, -0.15) is 0 Å². The molecular formula is C24H30IN5O2. The third-order valence-electron chi connectivity index (χ3n) is 5.45. The summed E-state index contributed by atoms with van der Waals surface area (Å²) in [5, 5.41) is 7.54. The molecule has 1 aromatic heterocycles. The minimum Gasteiger partial charge on any atom is -0.489 e. The number of para-hydroxylation sites is 1. The number of benzene rings is 2. The van der Waals surface area contributed by atoms with Gasteiger partial charge in [0, 0.05) is 52.4 Å². The maximum Gasteiger partial charge on any atom is 0.194 e. The van der Waals surface area contributed by atoms with Crippen LogP contribution in [-0.2, 0) is 19.7 Å². The summed E-state index contributed by atoms with van der Waals surface area (Å²) in [6.45, 7) is 5.86. The number of aliphatic imine (C=N–C) groups is 1. The quantitative estimate of drug-likeness (QED) is 0.276. The topological polar surface area (TPSA) is 66.1 Å². The summed E-state index contributed by atoms with van der Waals surface area (Å²) < 4.78 is 10.9. The van der Waals surface area contributed by atoms with Gasteiger partial charge >= 0.3 is 0 Å². The van der Waals surface area contributed by atoms with Gasteiger partial charge in [-0.05, 0) is 23.3 Å². The van der Waals surface area contributed by atoms with Gasteiger partial charge in [-0.1, -0.05) is 47.6 Å². The molecule has 2 heterocycles. The van der Waals surface area contributed by atoms with Crippen molar-refractivity contribution in [1.29, 1.82) is 0 Å². The van der Waals surface area contributed by atoms with Crippen LogP contribution in [0, 0.1) is 0 Å². The minimum atomic E-state index is 0. The molecule has 1 fully saturated rings. The van der Waals surface area contributed by atoms with E-state index in [4.69, 9.17) is 9.26 Å². The number of hydrogen-bond donors (Lipinski definition) is 1. The molecular weight excluding hydrogens is 517 g/mol. The first-order valence-electron chi connectivity index (χ1n) is 10.6. The monoisotopic (exact) mass is 547 g/mol. The Morgan fingerprint density at radius 1 is 1.00 bits per heavy atom. The van der Waals surface area contributed by atoms with Gasteiger partial charge in [0.25, 0.3) is 0 Å². The van der Waals surface area contributed by atoms with Gasteiger partial charge in [0.05, 0.1) is 5.69 Å². The fraction of sp³-hybridized carbons (Fsp3) is 0.333. The fourth-order valence-electron chi connectivity index (χ4n) is 3.72. The van der Waals surface area contributed by atoms with Crippen LogP contribution < -0.4 is 10.1 Å². The number of guanidine groups is 1. The molecule has 3 aromatic rings. The van der Waals surface area contributed by atoms with Crippen molar-refractivity contribution < 1.29 is 9.26 Å². The first-order valence-corrected chi connectivity index (χ1v) is 10.6. The zero-order chi connectivity index (χ0) is 21.3. The molecule has 32 heavy (non-hydrogen) atoms. The predicted octanol–water partition coefficient (Wildman–Crippen LogP) is 3.76. The van der Waals surface area contributed by atoms with Crippen LogP contribution in [0.4, 0.5) is 0 Å². The Labute approximate surface area is 206 Å². The first-order chi connectivity index (χ1) is 15.3. The van der Waals surface area contributed by atoms with Crippen molar-refractivity contribution in [2.75, 3.05) is 33.2 Å². The lowest BCUT2D eigenvalue weighted by atomic mass is 10.1. The normalized spacial score (nSPS) is 14.7. The lowest BCUT2D eigenvalue weighted by Crippen LogP contribution is -2.52.